The molecule has 0 saturated heterocycles. The Hall–Kier alpha value is -1.57. The topological polar surface area (TPSA) is 38.9 Å². The molecule has 0 fully saturated rings. The molecular formula is C15H24N2. The van der Waals surface area contributed by atoms with Crippen LogP contribution in [0.15, 0.2) is 24.3 Å². The van der Waals surface area contributed by atoms with Gasteiger partial charge in [0.2, 0.25) is 0 Å². The number of nitrogens with two attached hydrogens (primary N) is 1. The maximum absolute atomic E-state index is 5.89. The zero-order chi connectivity index (χ0) is 13.4. The Balaban J connectivity index is 0.000000581. The van der Waals surface area contributed by atoms with Crippen LogP contribution >= 0.6 is 0 Å². The fraction of sp³-hybridized carbons (Fsp3) is 0.400. The summed E-state index contributed by atoms with van der Waals surface area (Å²) in [6, 6.07) is 7.96. The highest BCUT2D eigenvalue weighted by molar-refractivity contribution is 5.92. The third-order valence-electron chi connectivity index (χ3n) is 2.20. The van der Waals surface area contributed by atoms with Gasteiger partial charge in [0.25, 0.3) is 0 Å². The van der Waals surface area contributed by atoms with Gasteiger partial charge < -0.3 is 5.73 Å². The molecule has 0 atom stereocenters. The maximum Gasteiger partial charge on any atom is 0.0754 e. The lowest BCUT2D eigenvalue weighted by molar-refractivity contribution is 1.24. The van der Waals surface area contributed by atoms with Gasteiger partial charge in [0.1, 0.15) is 0 Å². The van der Waals surface area contributed by atoms with E-state index in [2.05, 4.69) is 4.98 Å². The summed E-state index contributed by atoms with van der Waals surface area (Å²) in [5.74, 6) is 0. The van der Waals surface area contributed by atoms with Crippen molar-refractivity contribution in [2.75, 3.05) is 5.73 Å². The van der Waals surface area contributed by atoms with Crippen molar-refractivity contribution in [1.29, 1.82) is 0 Å². The van der Waals surface area contributed by atoms with Crippen LogP contribution in [0, 0.1) is 13.8 Å². The predicted octanol–water partition coefficient (Wildman–Crippen LogP) is 4.49. The Morgan fingerprint density at radius 2 is 1.59 bits per heavy atom. The average molecular weight is 232 g/mol. The molecule has 2 nitrogen and oxygen atoms in total. The van der Waals surface area contributed by atoms with Gasteiger partial charge in [-0.05, 0) is 25.5 Å². The number of anilines is 1. The smallest absolute Gasteiger partial charge is 0.0754 e. The van der Waals surface area contributed by atoms with Gasteiger partial charge in [-0.3, -0.25) is 4.98 Å². The molecule has 1 aromatic heterocycles. The molecule has 0 saturated carbocycles. The van der Waals surface area contributed by atoms with E-state index in [-0.39, 0.29) is 0 Å². The zero-order valence-corrected chi connectivity index (χ0v) is 11.8. The second kappa shape index (κ2) is 7.66. The van der Waals surface area contributed by atoms with E-state index >= 15 is 0 Å². The number of hydrogen-bond donors (Lipinski definition) is 1. The van der Waals surface area contributed by atoms with Gasteiger partial charge in [0.15, 0.2) is 0 Å². The van der Waals surface area contributed by atoms with E-state index in [0.717, 1.165) is 22.3 Å². The average Bonchev–Trinajstić information content (AvgIpc) is 2.36. The van der Waals surface area contributed by atoms with Gasteiger partial charge in [0.05, 0.1) is 5.52 Å². The lowest BCUT2D eigenvalue weighted by Gasteiger charge is -2.05. The van der Waals surface area contributed by atoms with Crippen molar-refractivity contribution in [3.8, 4) is 0 Å². The molecule has 2 rings (SSSR count). The molecule has 0 amide bonds. The van der Waals surface area contributed by atoms with E-state index in [0.29, 0.717) is 0 Å². The molecule has 0 unspecified atom stereocenters. The molecule has 1 aromatic carbocycles. The molecule has 17 heavy (non-hydrogen) atoms. The molecule has 94 valence electrons. The number of benzene rings is 1. The minimum absolute atomic E-state index is 0.811. The number of aryl methyl sites for hydroxylation is 2. The van der Waals surface area contributed by atoms with Crippen molar-refractivity contribution >= 4 is 16.6 Å². The molecule has 1 heterocycles. The molecule has 2 aromatic rings. The third-order valence-corrected chi connectivity index (χ3v) is 2.20. The summed E-state index contributed by atoms with van der Waals surface area (Å²) in [4.78, 5) is 4.46. The van der Waals surface area contributed by atoms with Crippen LogP contribution in [0.2, 0.25) is 0 Å². The Kier molecular flexibility index (Phi) is 6.95. The molecule has 0 bridgehead atoms. The zero-order valence-electron chi connectivity index (χ0n) is 11.8. The normalized spacial score (nSPS) is 8.82. The van der Waals surface area contributed by atoms with Crippen LogP contribution < -0.4 is 5.73 Å². The van der Waals surface area contributed by atoms with Crippen LogP contribution in [0.4, 0.5) is 5.69 Å². The number of rotatable bonds is 0. The molecule has 0 aliphatic rings. The van der Waals surface area contributed by atoms with Gasteiger partial charge in [-0.15, -0.1) is 0 Å². The molecular weight excluding hydrogens is 208 g/mol. The summed E-state index contributed by atoms with van der Waals surface area (Å²) in [6.07, 6.45) is 0. The Morgan fingerprint density at radius 1 is 1.00 bits per heavy atom. The number of hydrogen-bond acceptors (Lipinski definition) is 2. The molecule has 0 radical (unpaired) electrons. The van der Waals surface area contributed by atoms with Crippen molar-refractivity contribution in [1.82, 2.24) is 4.98 Å². The van der Waals surface area contributed by atoms with Crippen LogP contribution in [0.1, 0.15) is 39.0 Å². The molecule has 0 aliphatic carbocycles. The summed E-state index contributed by atoms with van der Waals surface area (Å²) >= 11 is 0. The van der Waals surface area contributed by atoms with Crippen LogP contribution in [0.3, 0.4) is 0 Å². The van der Waals surface area contributed by atoms with E-state index in [9.17, 15) is 0 Å². The largest absolute Gasteiger partial charge is 0.398 e. The van der Waals surface area contributed by atoms with Gasteiger partial charge in [0, 0.05) is 16.8 Å². The predicted molar refractivity (Wildman–Crippen MR) is 78.3 cm³/mol. The highest BCUT2D eigenvalue weighted by Crippen LogP contribution is 2.22. The number of pyridine rings is 1. The Bertz CT molecular complexity index is 462. The molecule has 0 spiro atoms. The fourth-order valence-corrected chi connectivity index (χ4v) is 1.55. The second-order valence-electron chi connectivity index (χ2n) is 3.32. The first-order valence-corrected chi connectivity index (χ1v) is 6.31. The van der Waals surface area contributed by atoms with E-state index in [1.807, 2.05) is 65.8 Å². The van der Waals surface area contributed by atoms with E-state index in [1.54, 1.807) is 0 Å². The van der Waals surface area contributed by atoms with E-state index < -0.39 is 0 Å². The number of nitrogens with zero attached hydrogens (tertiary/aromatic N) is 1. The summed E-state index contributed by atoms with van der Waals surface area (Å²) in [7, 11) is 0. The summed E-state index contributed by atoms with van der Waals surface area (Å²) in [5, 5.41) is 1.05. The number of fused-ring (bicyclic) bond motifs is 1. The Labute approximate surface area is 105 Å². The highest BCUT2D eigenvalue weighted by atomic mass is 14.7. The maximum atomic E-state index is 5.89. The number of para-hydroxylation sites is 1. The number of aromatic nitrogens is 1. The van der Waals surface area contributed by atoms with Gasteiger partial charge in [-0.2, -0.15) is 0 Å². The van der Waals surface area contributed by atoms with Crippen molar-refractivity contribution in [3.05, 3.63) is 35.5 Å². The van der Waals surface area contributed by atoms with Crippen LogP contribution in [0.25, 0.3) is 10.9 Å². The lowest BCUT2D eigenvalue weighted by Crippen LogP contribution is -1.93. The first-order chi connectivity index (χ1) is 8.18. The quantitative estimate of drug-likeness (QED) is 0.727. The Morgan fingerprint density at radius 3 is 2.18 bits per heavy atom. The van der Waals surface area contributed by atoms with Crippen molar-refractivity contribution in [2.24, 2.45) is 0 Å². The molecule has 2 heteroatoms. The standard InChI is InChI=1S/C11H12N2.2C2H6/c1-7-4-3-5-9-10(12)6-8(2)13-11(7)9;2*1-2/h3-6H,1-2H3,(H2,12,13);2*1-2H3. The first kappa shape index (κ1) is 15.4. The first-order valence-electron chi connectivity index (χ1n) is 6.31. The summed E-state index contributed by atoms with van der Waals surface area (Å²) in [6.45, 7) is 12.0. The van der Waals surface area contributed by atoms with Gasteiger partial charge in [-0.25, -0.2) is 0 Å². The van der Waals surface area contributed by atoms with Crippen LogP contribution in [-0.4, -0.2) is 4.98 Å². The second-order valence-corrected chi connectivity index (χ2v) is 3.32. The van der Waals surface area contributed by atoms with E-state index in [4.69, 9.17) is 5.73 Å². The van der Waals surface area contributed by atoms with Crippen molar-refractivity contribution in [3.63, 3.8) is 0 Å². The third kappa shape index (κ3) is 3.74. The van der Waals surface area contributed by atoms with Crippen LogP contribution in [-0.2, 0) is 0 Å². The fourth-order valence-electron chi connectivity index (χ4n) is 1.55. The minimum atomic E-state index is 0.811. The van der Waals surface area contributed by atoms with Crippen molar-refractivity contribution < 1.29 is 0 Å². The van der Waals surface area contributed by atoms with Crippen LogP contribution in [0.5, 0.6) is 0 Å². The summed E-state index contributed by atoms with van der Waals surface area (Å²) in [5.41, 5.74) is 9.86. The molecule has 2 N–H and O–H groups in total. The monoisotopic (exact) mass is 232 g/mol. The number of nitrogen functional groups attached to an aromatic ring is 1. The molecule has 0 aliphatic heterocycles. The van der Waals surface area contributed by atoms with Gasteiger partial charge >= 0.3 is 0 Å². The summed E-state index contributed by atoms with van der Waals surface area (Å²) < 4.78 is 0. The van der Waals surface area contributed by atoms with E-state index in [1.165, 1.54) is 5.56 Å². The van der Waals surface area contributed by atoms with Gasteiger partial charge in [-0.1, -0.05) is 45.9 Å². The SMILES string of the molecule is CC.CC.Cc1cc(N)c2cccc(C)c2n1. The van der Waals surface area contributed by atoms with Crippen molar-refractivity contribution in [2.45, 2.75) is 41.5 Å². The lowest BCUT2D eigenvalue weighted by atomic mass is 10.1. The minimum Gasteiger partial charge on any atom is -0.398 e. The highest BCUT2D eigenvalue weighted by Gasteiger charge is 2.01.